The topological polar surface area (TPSA) is 122 Å². The normalized spacial score (nSPS) is 11.5. The smallest absolute Gasteiger partial charge is 0.279 e. The lowest BCUT2D eigenvalue weighted by atomic mass is 10.3. The van der Waals surface area contributed by atoms with Gasteiger partial charge in [0, 0.05) is 26.2 Å². The molecule has 3 heterocycles. The molecule has 3 aromatic heterocycles. The SMILES string of the molecule is Cc1nn(-c2ccc([N+](=O)[O-])cc2)c2nc3c(c(=O)n(C)c(=O)n3C)n12. The Morgan fingerprint density at radius 3 is 2.35 bits per heavy atom. The molecule has 0 saturated carbocycles. The van der Waals surface area contributed by atoms with E-state index in [9.17, 15) is 19.7 Å². The molecule has 0 radical (unpaired) electrons. The van der Waals surface area contributed by atoms with E-state index in [-0.39, 0.29) is 16.9 Å². The van der Waals surface area contributed by atoms with Gasteiger partial charge < -0.3 is 0 Å². The van der Waals surface area contributed by atoms with Crippen molar-refractivity contribution in [2.75, 3.05) is 0 Å². The van der Waals surface area contributed by atoms with Crippen LogP contribution in [-0.2, 0) is 14.1 Å². The number of fused-ring (bicyclic) bond motifs is 3. The van der Waals surface area contributed by atoms with E-state index < -0.39 is 16.2 Å². The summed E-state index contributed by atoms with van der Waals surface area (Å²) in [5.74, 6) is 0.834. The van der Waals surface area contributed by atoms with Crippen LogP contribution < -0.4 is 11.2 Å². The molecule has 0 fully saturated rings. The van der Waals surface area contributed by atoms with E-state index in [1.807, 2.05) is 0 Å². The van der Waals surface area contributed by atoms with E-state index >= 15 is 0 Å². The Balaban J connectivity index is 2.09. The molecular weight excluding hydrogens is 342 g/mol. The number of non-ortho nitro benzene ring substituents is 1. The van der Waals surface area contributed by atoms with Gasteiger partial charge in [0.05, 0.1) is 10.6 Å². The summed E-state index contributed by atoms with van der Waals surface area (Å²) in [6, 6.07) is 5.81. The molecule has 0 bridgehead atoms. The summed E-state index contributed by atoms with van der Waals surface area (Å²) in [6.45, 7) is 1.71. The van der Waals surface area contributed by atoms with Crippen LogP contribution in [0.25, 0.3) is 22.6 Å². The Bertz CT molecular complexity index is 1320. The van der Waals surface area contributed by atoms with Crippen molar-refractivity contribution in [3.8, 4) is 5.69 Å². The minimum Gasteiger partial charge on any atom is -0.279 e. The second kappa shape index (κ2) is 5.12. The Morgan fingerprint density at radius 2 is 1.73 bits per heavy atom. The fourth-order valence-electron chi connectivity index (χ4n) is 2.96. The number of aromatic nitrogens is 6. The largest absolute Gasteiger partial charge is 0.332 e. The zero-order valence-electron chi connectivity index (χ0n) is 14.1. The molecule has 26 heavy (non-hydrogen) atoms. The lowest BCUT2D eigenvalue weighted by Crippen LogP contribution is -2.37. The van der Waals surface area contributed by atoms with Crippen LogP contribution in [0.5, 0.6) is 0 Å². The fourth-order valence-corrected chi connectivity index (χ4v) is 2.96. The van der Waals surface area contributed by atoms with Crippen molar-refractivity contribution < 1.29 is 4.92 Å². The summed E-state index contributed by atoms with van der Waals surface area (Å²) in [7, 11) is 2.94. The van der Waals surface area contributed by atoms with Crippen LogP contribution in [0.3, 0.4) is 0 Å². The van der Waals surface area contributed by atoms with Gasteiger partial charge in [-0.2, -0.15) is 14.8 Å². The number of nitro benzene ring substituents is 1. The number of nitrogens with zero attached hydrogens (tertiary/aromatic N) is 7. The molecule has 0 amide bonds. The van der Waals surface area contributed by atoms with Gasteiger partial charge in [0.2, 0.25) is 5.78 Å². The first-order valence-electron chi connectivity index (χ1n) is 7.60. The van der Waals surface area contributed by atoms with Crippen LogP contribution in [0.2, 0.25) is 0 Å². The van der Waals surface area contributed by atoms with Crippen molar-refractivity contribution in [1.29, 1.82) is 0 Å². The summed E-state index contributed by atoms with van der Waals surface area (Å²) in [6.07, 6.45) is 0. The Morgan fingerprint density at radius 1 is 1.08 bits per heavy atom. The molecule has 11 heteroatoms. The summed E-state index contributed by atoms with van der Waals surface area (Å²) in [4.78, 5) is 39.4. The molecular formula is C15H13N7O4. The van der Waals surface area contributed by atoms with Crippen molar-refractivity contribution in [2.45, 2.75) is 6.92 Å². The van der Waals surface area contributed by atoms with Gasteiger partial charge in [0.25, 0.3) is 11.2 Å². The third-order valence-corrected chi connectivity index (χ3v) is 4.30. The van der Waals surface area contributed by atoms with E-state index in [0.717, 1.165) is 4.57 Å². The molecule has 0 aliphatic heterocycles. The fraction of sp³-hybridized carbons (Fsp3) is 0.200. The number of imidazole rings is 1. The first kappa shape index (κ1) is 15.7. The van der Waals surface area contributed by atoms with Crippen molar-refractivity contribution in [3.63, 3.8) is 0 Å². The number of hydrogen-bond donors (Lipinski definition) is 0. The number of aryl methyl sites for hydroxylation is 2. The molecule has 1 aromatic carbocycles. The van der Waals surface area contributed by atoms with Gasteiger partial charge in [-0.15, -0.1) is 0 Å². The highest BCUT2D eigenvalue weighted by Crippen LogP contribution is 2.20. The third kappa shape index (κ3) is 1.93. The van der Waals surface area contributed by atoms with Crippen LogP contribution >= 0.6 is 0 Å². The molecule has 11 nitrogen and oxygen atoms in total. The van der Waals surface area contributed by atoms with Gasteiger partial charge in [-0.25, -0.2) is 4.79 Å². The van der Waals surface area contributed by atoms with Crippen LogP contribution in [0.15, 0.2) is 33.9 Å². The van der Waals surface area contributed by atoms with Crippen LogP contribution in [0, 0.1) is 17.0 Å². The van der Waals surface area contributed by atoms with E-state index in [4.69, 9.17) is 0 Å². The molecule has 0 aliphatic rings. The van der Waals surface area contributed by atoms with E-state index in [1.165, 1.54) is 35.5 Å². The van der Waals surface area contributed by atoms with Gasteiger partial charge in [0.15, 0.2) is 11.2 Å². The van der Waals surface area contributed by atoms with Gasteiger partial charge in [-0.1, -0.05) is 0 Å². The van der Waals surface area contributed by atoms with Crippen molar-refractivity contribution >= 4 is 22.6 Å². The first-order chi connectivity index (χ1) is 12.3. The Kier molecular flexibility index (Phi) is 3.10. The molecule has 4 aromatic rings. The molecule has 132 valence electrons. The van der Waals surface area contributed by atoms with Crippen molar-refractivity contribution in [1.82, 2.24) is 28.3 Å². The van der Waals surface area contributed by atoms with E-state index in [1.54, 1.807) is 23.5 Å². The third-order valence-electron chi connectivity index (χ3n) is 4.30. The summed E-state index contributed by atoms with van der Waals surface area (Å²) < 4.78 is 5.35. The average Bonchev–Trinajstić information content (AvgIpc) is 3.16. The average molecular weight is 355 g/mol. The molecule has 0 aliphatic carbocycles. The highest BCUT2D eigenvalue weighted by Gasteiger charge is 2.21. The Hall–Kier alpha value is -3.76. The van der Waals surface area contributed by atoms with Crippen LogP contribution in [-0.4, -0.2) is 33.2 Å². The van der Waals surface area contributed by atoms with Gasteiger partial charge in [-0.3, -0.25) is 28.4 Å². The zero-order valence-corrected chi connectivity index (χ0v) is 14.1. The maximum atomic E-state index is 12.6. The lowest BCUT2D eigenvalue weighted by Gasteiger charge is -2.02. The molecule has 0 N–H and O–H groups in total. The number of rotatable bonds is 2. The summed E-state index contributed by atoms with van der Waals surface area (Å²) >= 11 is 0. The highest BCUT2D eigenvalue weighted by molar-refractivity contribution is 5.76. The minimum atomic E-state index is -0.489. The standard InChI is InChI=1S/C15H13N7O4/c1-8-17-21(9-4-6-10(7-5-9)22(25)26)14-16-12-11(20(8)14)13(23)19(3)15(24)18(12)2/h4-7H,1-3H3. The first-order valence-corrected chi connectivity index (χ1v) is 7.60. The zero-order chi connectivity index (χ0) is 18.7. The maximum Gasteiger partial charge on any atom is 0.332 e. The number of nitro groups is 1. The molecule has 0 atom stereocenters. The monoisotopic (exact) mass is 355 g/mol. The van der Waals surface area contributed by atoms with Crippen molar-refractivity contribution in [3.05, 3.63) is 61.0 Å². The number of hydrogen-bond acceptors (Lipinski definition) is 6. The van der Waals surface area contributed by atoms with Gasteiger partial charge in [-0.05, 0) is 19.1 Å². The quantitative estimate of drug-likeness (QED) is 0.376. The minimum absolute atomic E-state index is 0.0431. The van der Waals surface area contributed by atoms with E-state index in [2.05, 4.69) is 10.1 Å². The van der Waals surface area contributed by atoms with Crippen LogP contribution in [0.1, 0.15) is 5.82 Å². The summed E-state index contributed by atoms with van der Waals surface area (Å²) in [5.41, 5.74) is 0.0477. The van der Waals surface area contributed by atoms with Gasteiger partial charge in [0.1, 0.15) is 5.82 Å². The van der Waals surface area contributed by atoms with Crippen molar-refractivity contribution in [2.24, 2.45) is 14.1 Å². The summed E-state index contributed by atoms with van der Waals surface area (Å²) in [5, 5.41) is 15.2. The molecule has 4 rings (SSSR count). The maximum absolute atomic E-state index is 12.6. The lowest BCUT2D eigenvalue weighted by molar-refractivity contribution is -0.384. The predicted octanol–water partition coefficient (Wildman–Crippen LogP) is 0.287. The number of benzene rings is 1. The predicted molar refractivity (Wildman–Crippen MR) is 91.7 cm³/mol. The van der Waals surface area contributed by atoms with Crippen LogP contribution in [0.4, 0.5) is 5.69 Å². The second-order valence-corrected chi connectivity index (χ2v) is 5.86. The van der Waals surface area contributed by atoms with E-state index in [0.29, 0.717) is 17.3 Å². The molecule has 0 spiro atoms. The highest BCUT2D eigenvalue weighted by atomic mass is 16.6. The molecule has 0 saturated heterocycles. The Labute approximate surface area is 144 Å². The second-order valence-electron chi connectivity index (χ2n) is 5.86. The van der Waals surface area contributed by atoms with Gasteiger partial charge >= 0.3 is 5.69 Å². The molecule has 0 unspecified atom stereocenters.